The van der Waals surface area contributed by atoms with Gasteiger partial charge in [-0.1, -0.05) is 52.0 Å². The number of carbonyl (C=O) groups excluding carboxylic acids is 1. The first-order valence-corrected chi connectivity index (χ1v) is 9.64. The van der Waals surface area contributed by atoms with Crippen molar-refractivity contribution in [2.24, 2.45) is 7.05 Å². The monoisotopic (exact) mass is 395 g/mol. The summed E-state index contributed by atoms with van der Waals surface area (Å²) in [6, 6.07) is 10.1. The van der Waals surface area contributed by atoms with E-state index in [-0.39, 0.29) is 24.6 Å². The van der Waals surface area contributed by atoms with E-state index in [4.69, 9.17) is 9.47 Å². The summed E-state index contributed by atoms with van der Waals surface area (Å²) >= 11 is 0. The van der Waals surface area contributed by atoms with E-state index >= 15 is 0 Å². The van der Waals surface area contributed by atoms with Gasteiger partial charge in [-0.2, -0.15) is 10.4 Å². The van der Waals surface area contributed by atoms with Crippen LogP contribution in [-0.4, -0.2) is 22.5 Å². The highest BCUT2D eigenvalue weighted by atomic mass is 16.7. The second-order valence-electron chi connectivity index (χ2n) is 7.96. The number of benzene rings is 1. The maximum absolute atomic E-state index is 11.5. The Hall–Kier alpha value is -3.07. The van der Waals surface area contributed by atoms with E-state index in [1.807, 2.05) is 38.1 Å². The molecule has 6 heteroatoms. The molecule has 0 aliphatic rings. The van der Waals surface area contributed by atoms with Gasteiger partial charge < -0.3 is 9.47 Å². The number of allylic oxidation sites excluding steroid dienone is 1. The number of esters is 1. The second-order valence-corrected chi connectivity index (χ2v) is 7.96. The smallest absolute Gasteiger partial charge is 0.308 e. The van der Waals surface area contributed by atoms with Gasteiger partial charge in [0.25, 0.3) is 0 Å². The highest BCUT2D eigenvalue weighted by Gasteiger charge is 2.22. The van der Waals surface area contributed by atoms with Gasteiger partial charge >= 0.3 is 5.97 Å². The zero-order valence-electron chi connectivity index (χ0n) is 18.3. The minimum absolute atomic E-state index is 0.0124. The van der Waals surface area contributed by atoms with Crippen molar-refractivity contribution in [3.05, 3.63) is 52.3 Å². The van der Waals surface area contributed by atoms with Gasteiger partial charge in [-0.3, -0.25) is 9.48 Å². The van der Waals surface area contributed by atoms with Crippen LogP contribution in [0.4, 0.5) is 0 Å². The normalized spacial score (nSPS) is 12.2. The molecule has 0 atom stereocenters. The summed E-state index contributed by atoms with van der Waals surface area (Å²) in [4.78, 5) is 11.5. The number of aromatic nitrogens is 2. The fraction of sp³-hybridized carbons (Fsp3) is 0.435. The van der Waals surface area contributed by atoms with Crippen LogP contribution < -0.4 is 0 Å². The molecule has 0 fully saturated rings. The van der Waals surface area contributed by atoms with Crippen molar-refractivity contribution < 1.29 is 14.3 Å². The van der Waals surface area contributed by atoms with Gasteiger partial charge in [-0.25, -0.2) is 0 Å². The van der Waals surface area contributed by atoms with Gasteiger partial charge in [0.1, 0.15) is 17.3 Å². The van der Waals surface area contributed by atoms with Crippen molar-refractivity contribution in [3.63, 3.8) is 0 Å². The number of ether oxygens (including phenoxy) is 2. The molecule has 0 aliphatic heterocycles. The Morgan fingerprint density at radius 3 is 2.24 bits per heavy atom. The second kappa shape index (κ2) is 8.95. The number of nitriles is 1. The molecule has 0 N–H and O–H groups in total. The molecule has 2 rings (SSSR count). The zero-order valence-corrected chi connectivity index (χ0v) is 18.3. The third-order valence-corrected chi connectivity index (χ3v) is 4.83. The van der Waals surface area contributed by atoms with Gasteiger partial charge in [0.05, 0.1) is 5.69 Å². The number of aryl methyl sites for hydroxylation is 2. The maximum Gasteiger partial charge on any atom is 0.308 e. The lowest BCUT2D eigenvalue weighted by Crippen LogP contribution is -2.11. The van der Waals surface area contributed by atoms with Crippen molar-refractivity contribution in [1.82, 2.24) is 9.78 Å². The van der Waals surface area contributed by atoms with Gasteiger partial charge in [0.2, 0.25) is 6.79 Å². The molecule has 2 aromatic rings. The summed E-state index contributed by atoms with van der Waals surface area (Å²) < 4.78 is 12.6. The third-order valence-electron chi connectivity index (χ3n) is 4.83. The van der Waals surface area contributed by atoms with Crippen molar-refractivity contribution in [3.8, 4) is 6.07 Å². The topological polar surface area (TPSA) is 77.1 Å². The number of rotatable bonds is 6. The SMILES string of the molecule is CCC(=O)OCO/C(=C(/C#N)c1ccc(C(C)(C)C)cc1)c1c(C)c(C)nn1C. The average molecular weight is 396 g/mol. The van der Waals surface area contributed by atoms with Gasteiger partial charge in [-0.05, 0) is 30.4 Å². The first kappa shape index (κ1) is 22.2. The first-order chi connectivity index (χ1) is 13.6. The molecule has 1 aromatic carbocycles. The van der Waals surface area contributed by atoms with E-state index < -0.39 is 0 Å². The van der Waals surface area contributed by atoms with Gasteiger partial charge in [0, 0.05) is 19.0 Å². The highest BCUT2D eigenvalue weighted by Crippen LogP contribution is 2.31. The largest absolute Gasteiger partial charge is 0.454 e. The van der Waals surface area contributed by atoms with E-state index in [9.17, 15) is 10.1 Å². The van der Waals surface area contributed by atoms with Crippen LogP contribution in [0.5, 0.6) is 0 Å². The molecule has 1 heterocycles. The molecule has 154 valence electrons. The Kier molecular flexibility index (Phi) is 6.86. The number of hydrogen-bond donors (Lipinski definition) is 0. The molecule has 29 heavy (non-hydrogen) atoms. The first-order valence-electron chi connectivity index (χ1n) is 9.64. The molecule has 0 amide bonds. The van der Waals surface area contributed by atoms with Crippen LogP contribution in [0, 0.1) is 25.2 Å². The molecule has 6 nitrogen and oxygen atoms in total. The van der Waals surface area contributed by atoms with Crippen LogP contribution in [0.15, 0.2) is 24.3 Å². The molecule has 0 bridgehead atoms. The van der Waals surface area contributed by atoms with E-state index in [2.05, 4.69) is 31.9 Å². The summed E-state index contributed by atoms with van der Waals surface area (Å²) in [7, 11) is 1.80. The summed E-state index contributed by atoms with van der Waals surface area (Å²) in [6.07, 6.45) is 0.256. The Balaban J connectivity index is 2.57. The van der Waals surface area contributed by atoms with E-state index in [1.165, 1.54) is 5.56 Å². The average Bonchev–Trinajstić information content (AvgIpc) is 2.92. The van der Waals surface area contributed by atoms with Crippen LogP contribution in [0.2, 0.25) is 0 Å². The Morgan fingerprint density at radius 1 is 1.17 bits per heavy atom. The summed E-state index contributed by atoms with van der Waals surface area (Å²) in [6.45, 7) is 11.7. The predicted octanol–water partition coefficient (Wildman–Crippen LogP) is 4.65. The zero-order chi connectivity index (χ0) is 21.8. The summed E-state index contributed by atoms with van der Waals surface area (Å²) in [5, 5.41) is 14.4. The minimum Gasteiger partial charge on any atom is -0.454 e. The molecule has 0 spiro atoms. The van der Waals surface area contributed by atoms with E-state index in [1.54, 1.807) is 18.7 Å². The minimum atomic E-state index is -0.365. The molecular formula is C23H29N3O3. The molecule has 0 saturated heterocycles. The predicted molar refractivity (Wildman–Crippen MR) is 113 cm³/mol. The third kappa shape index (κ3) is 5.05. The lowest BCUT2D eigenvalue weighted by Gasteiger charge is -2.19. The summed E-state index contributed by atoms with van der Waals surface area (Å²) in [5.74, 6) is -0.0178. The van der Waals surface area contributed by atoms with E-state index in [0.717, 1.165) is 16.8 Å². The summed E-state index contributed by atoms with van der Waals surface area (Å²) in [5.41, 5.74) is 4.72. The van der Waals surface area contributed by atoms with Crippen LogP contribution in [0.25, 0.3) is 11.3 Å². The molecule has 0 aliphatic carbocycles. The lowest BCUT2D eigenvalue weighted by molar-refractivity contribution is -0.151. The standard InChI is InChI=1S/C23H29N3O3/c1-8-20(27)28-14-29-22(21-15(2)16(3)25-26(21)7)19(13-24)17-9-11-18(12-10-17)23(4,5)6/h9-12H,8,14H2,1-7H3/b22-19-. The highest BCUT2D eigenvalue weighted by molar-refractivity contribution is 5.94. The quantitative estimate of drug-likeness (QED) is 0.308. The van der Waals surface area contributed by atoms with Crippen LogP contribution in [0.1, 0.15) is 62.2 Å². The number of hydrogen-bond acceptors (Lipinski definition) is 5. The van der Waals surface area contributed by atoms with Crippen molar-refractivity contribution in [2.45, 2.75) is 53.4 Å². The Morgan fingerprint density at radius 2 is 1.79 bits per heavy atom. The lowest BCUT2D eigenvalue weighted by atomic mass is 9.86. The molecule has 0 radical (unpaired) electrons. The fourth-order valence-corrected chi connectivity index (χ4v) is 2.98. The van der Waals surface area contributed by atoms with Crippen molar-refractivity contribution in [2.75, 3.05) is 6.79 Å². The number of nitrogens with zero attached hydrogens (tertiary/aromatic N) is 3. The van der Waals surface area contributed by atoms with Gasteiger partial charge in [-0.15, -0.1) is 0 Å². The fourth-order valence-electron chi connectivity index (χ4n) is 2.98. The van der Waals surface area contributed by atoms with Crippen LogP contribution >= 0.6 is 0 Å². The van der Waals surface area contributed by atoms with Crippen molar-refractivity contribution >= 4 is 17.3 Å². The van der Waals surface area contributed by atoms with E-state index in [0.29, 0.717) is 17.0 Å². The molecule has 1 aromatic heterocycles. The molecule has 0 saturated carbocycles. The van der Waals surface area contributed by atoms with Gasteiger partial charge in [0.15, 0.2) is 5.76 Å². The Labute approximate surface area is 172 Å². The van der Waals surface area contributed by atoms with Crippen LogP contribution in [-0.2, 0) is 26.7 Å². The molecule has 0 unspecified atom stereocenters. The maximum atomic E-state index is 11.5. The number of carbonyl (C=O) groups is 1. The Bertz CT molecular complexity index is 955. The van der Waals surface area contributed by atoms with Crippen LogP contribution in [0.3, 0.4) is 0 Å². The molecular weight excluding hydrogens is 366 g/mol. The van der Waals surface area contributed by atoms with Crippen molar-refractivity contribution in [1.29, 1.82) is 5.26 Å².